The van der Waals surface area contributed by atoms with Gasteiger partial charge in [0, 0.05) is 11.1 Å². The smallest absolute Gasteiger partial charge is 0.0453 e. The number of rotatable bonds is 3. The highest BCUT2D eigenvalue weighted by Gasteiger charge is 2.10. The number of hydrogen-bond acceptors (Lipinski definition) is 1. The van der Waals surface area contributed by atoms with Gasteiger partial charge in [0.2, 0.25) is 0 Å². The van der Waals surface area contributed by atoms with Crippen molar-refractivity contribution in [2.75, 3.05) is 0 Å². The second-order valence-electron chi connectivity index (χ2n) is 3.76. The zero-order valence-electron chi connectivity index (χ0n) is 8.13. The van der Waals surface area contributed by atoms with Crippen molar-refractivity contribution in [1.29, 1.82) is 0 Å². The average Bonchev–Trinajstić information content (AvgIpc) is 2.03. The third-order valence-corrected chi connectivity index (χ3v) is 2.37. The molecule has 0 heterocycles. The molecule has 0 aliphatic carbocycles. The maximum atomic E-state index is 6.02. The Bertz CT molecular complexity index is 271. The molecule has 1 aromatic carbocycles. The average molecular weight is 198 g/mol. The Labute approximate surface area is 84.9 Å². The number of hydrogen-bond donors (Lipinski definition) is 1. The van der Waals surface area contributed by atoms with Crippen molar-refractivity contribution >= 4 is 11.6 Å². The van der Waals surface area contributed by atoms with Crippen LogP contribution in [0, 0.1) is 5.92 Å². The van der Waals surface area contributed by atoms with Crippen molar-refractivity contribution in [3.8, 4) is 0 Å². The summed E-state index contributed by atoms with van der Waals surface area (Å²) < 4.78 is 0. The van der Waals surface area contributed by atoms with Crippen LogP contribution in [0.15, 0.2) is 24.3 Å². The monoisotopic (exact) mass is 197 g/mol. The number of nitrogens with two attached hydrogens (primary N) is 1. The molecule has 1 atom stereocenters. The van der Waals surface area contributed by atoms with E-state index in [0.29, 0.717) is 5.92 Å². The van der Waals surface area contributed by atoms with Gasteiger partial charge in [-0.25, -0.2) is 0 Å². The zero-order valence-corrected chi connectivity index (χ0v) is 8.88. The van der Waals surface area contributed by atoms with Gasteiger partial charge in [-0.05, 0) is 24.0 Å². The minimum atomic E-state index is 0.0636. The summed E-state index contributed by atoms with van der Waals surface area (Å²) in [5.74, 6) is 0.603. The van der Waals surface area contributed by atoms with E-state index < -0.39 is 0 Å². The van der Waals surface area contributed by atoms with E-state index in [1.807, 2.05) is 24.3 Å². The molecule has 1 nitrogen and oxygen atoms in total. The molecule has 0 unspecified atom stereocenters. The van der Waals surface area contributed by atoms with Crippen LogP contribution in [0.25, 0.3) is 0 Å². The molecule has 0 bridgehead atoms. The Morgan fingerprint density at radius 1 is 1.31 bits per heavy atom. The van der Waals surface area contributed by atoms with Crippen molar-refractivity contribution in [2.45, 2.75) is 26.3 Å². The van der Waals surface area contributed by atoms with Gasteiger partial charge in [-0.3, -0.25) is 0 Å². The fraction of sp³-hybridized carbons (Fsp3) is 0.455. The highest BCUT2D eigenvalue weighted by atomic mass is 35.5. The van der Waals surface area contributed by atoms with Gasteiger partial charge in [-0.1, -0.05) is 43.6 Å². The van der Waals surface area contributed by atoms with Gasteiger partial charge in [-0.15, -0.1) is 0 Å². The summed E-state index contributed by atoms with van der Waals surface area (Å²) in [5, 5.41) is 0.774. The predicted molar refractivity (Wildman–Crippen MR) is 57.8 cm³/mol. The highest BCUT2D eigenvalue weighted by Crippen LogP contribution is 2.25. The van der Waals surface area contributed by atoms with Crippen LogP contribution in [0.5, 0.6) is 0 Å². The number of benzene rings is 1. The first-order valence-electron chi connectivity index (χ1n) is 4.61. The van der Waals surface area contributed by atoms with Gasteiger partial charge in [0.1, 0.15) is 0 Å². The molecule has 72 valence electrons. The Kier molecular flexibility index (Phi) is 3.76. The Morgan fingerprint density at radius 3 is 2.46 bits per heavy atom. The molecule has 0 aliphatic heterocycles. The maximum absolute atomic E-state index is 6.02. The predicted octanol–water partition coefficient (Wildman–Crippen LogP) is 3.39. The van der Waals surface area contributed by atoms with Gasteiger partial charge < -0.3 is 5.73 Å². The van der Waals surface area contributed by atoms with Gasteiger partial charge in [-0.2, -0.15) is 0 Å². The van der Waals surface area contributed by atoms with Crippen molar-refractivity contribution in [3.05, 3.63) is 34.9 Å². The summed E-state index contributed by atoms with van der Waals surface area (Å²) in [5.41, 5.74) is 7.07. The van der Waals surface area contributed by atoms with Crippen molar-refractivity contribution in [2.24, 2.45) is 11.7 Å². The first-order valence-corrected chi connectivity index (χ1v) is 4.99. The molecule has 2 N–H and O–H groups in total. The zero-order chi connectivity index (χ0) is 9.84. The molecule has 0 aromatic heterocycles. The summed E-state index contributed by atoms with van der Waals surface area (Å²) in [6.45, 7) is 4.33. The minimum absolute atomic E-state index is 0.0636. The molecule has 1 rings (SSSR count). The Morgan fingerprint density at radius 2 is 1.92 bits per heavy atom. The minimum Gasteiger partial charge on any atom is -0.324 e. The van der Waals surface area contributed by atoms with E-state index >= 15 is 0 Å². The molecule has 13 heavy (non-hydrogen) atoms. The third-order valence-electron chi connectivity index (χ3n) is 2.03. The lowest BCUT2D eigenvalue weighted by Crippen LogP contribution is -2.13. The van der Waals surface area contributed by atoms with Crippen molar-refractivity contribution < 1.29 is 0 Å². The molecule has 1 aromatic rings. The summed E-state index contributed by atoms with van der Waals surface area (Å²) in [6, 6.07) is 7.84. The van der Waals surface area contributed by atoms with Crippen LogP contribution in [0.3, 0.4) is 0 Å². The molecule has 0 radical (unpaired) electrons. The van der Waals surface area contributed by atoms with Crippen LogP contribution in [0.2, 0.25) is 5.02 Å². The first-order chi connectivity index (χ1) is 6.11. The van der Waals surface area contributed by atoms with Crippen LogP contribution in [0.4, 0.5) is 0 Å². The van der Waals surface area contributed by atoms with E-state index in [-0.39, 0.29) is 6.04 Å². The summed E-state index contributed by atoms with van der Waals surface area (Å²) in [4.78, 5) is 0. The molecule has 0 saturated carbocycles. The molecular weight excluding hydrogens is 182 g/mol. The van der Waals surface area contributed by atoms with E-state index in [4.69, 9.17) is 17.3 Å². The van der Waals surface area contributed by atoms with Gasteiger partial charge >= 0.3 is 0 Å². The second-order valence-corrected chi connectivity index (χ2v) is 4.16. The first kappa shape index (κ1) is 10.6. The van der Waals surface area contributed by atoms with Gasteiger partial charge in [0.25, 0.3) is 0 Å². The lowest BCUT2D eigenvalue weighted by Gasteiger charge is -2.15. The van der Waals surface area contributed by atoms with Gasteiger partial charge in [0.15, 0.2) is 0 Å². The number of halogens is 1. The largest absolute Gasteiger partial charge is 0.324 e. The lowest BCUT2D eigenvalue weighted by molar-refractivity contribution is 0.510. The molecule has 0 amide bonds. The summed E-state index contributed by atoms with van der Waals surface area (Å²) in [6.07, 6.45) is 0.976. The summed E-state index contributed by atoms with van der Waals surface area (Å²) >= 11 is 6.02. The van der Waals surface area contributed by atoms with Crippen LogP contribution in [-0.2, 0) is 0 Å². The topological polar surface area (TPSA) is 26.0 Å². The van der Waals surface area contributed by atoms with Crippen LogP contribution >= 0.6 is 11.6 Å². The third kappa shape index (κ3) is 3.02. The fourth-order valence-corrected chi connectivity index (χ4v) is 1.69. The molecule has 0 aliphatic rings. The quantitative estimate of drug-likeness (QED) is 0.790. The molecular formula is C11H16ClN. The maximum Gasteiger partial charge on any atom is 0.0453 e. The SMILES string of the molecule is CC(C)C[C@@H](N)c1ccccc1Cl. The summed E-state index contributed by atoms with van der Waals surface area (Å²) in [7, 11) is 0. The second kappa shape index (κ2) is 4.64. The molecule has 0 saturated heterocycles. The van der Waals surface area contributed by atoms with Crippen LogP contribution in [0.1, 0.15) is 31.9 Å². The van der Waals surface area contributed by atoms with E-state index in [2.05, 4.69) is 13.8 Å². The molecule has 0 spiro atoms. The Hall–Kier alpha value is -0.530. The van der Waals surface area contributed by atoms with E-state index in [0.717, 1.165) is 17.0 Å². The van der Waals surface area contributed by atoms with Crippen LogP contribution < -0.4 is 5.73 Å². The molecule has 2 heteroatoms. The van der Waals surface area contributed by atoms with Crippen molar-refractivity contribution in [3.63, 3.8) is 0 Å². The fourth-order valence-electron chi connectivity index (χ4n) is 1.41. The van der Waals surface area contributed by atoms with Gasteiger partial charge in [0.05, 0.1) is 0 Å². The molecule has 0 fully saturated rings. The van der Waals surface area contributed by atoms with E-state index in [1.54, 1.807) is 0 Å². The highest BCUT2D eigenvalue weighted by molar-refractivity contribution is 6.31. The lowest BCUT2D eigenvalue weighted by atomic mass is 9.98. The van der Waals surface area contributed by atoms with E-state index in [9.17, 15) is 0 Å². The normalized spacial score (nSPS) is 13.3. The van der Waals surface area contributed by atoms with Crippen LogP contribution in [-0.4, -0.2) is 0 Å². The standard InChI is InChI=1S/C11H16ClN/c1-8(2)7-11(13)9-5-3-4-6-10(9)12/h3-6,8,11H,7,13H2,1-2H3/t11-/m1/s1. The van der Waals surface area contributed by atoms with E-state index in [1.165, 1.54) is 0 Å². The Balaban J connectivity index is 2.76. The van der Waals surface area contributed by atoms with Crippen molar-refractivity contribution in [1.82, 2.24) is 0 Å².